The first kappa shape index (κ1) is 13.1. The molecular weight excluding hydrogens is 224 g/mol. The number of likely N-dealkylation sites (tertiary alicyclic amines) is 1. The molecule has 0 aliphatic carbocycles. The van der Waals surface area contributed by atoms with E-state index in [4.69, 9.17) is 5.73 Å². The number of carbonyl (C=O) groups excluding carboxylic acids is 1. The SMILES string of the molecule is Cc1ccc(C(=O)N2CCC(C)(CN)CC2)cc1. The maximum absolute atomic E-state index is 12.3. The number of nitrogens with two attached hydrogens (primary N) is 1. The van der Waals surface area contributed by atoms with E-state index in [1.54, 1.807) is 0 Å². The Labute approximate surface area is 109 Å². The molecule has 1 aliphatic rings. The van der Waals surface area contributed by atoms with Crippen molar-refractivity contribution >= 4 is 5.91 Å². The van der Waals surface area contributed by atoms with Gasteiger partial charge in [0.1, 0.15) is 0 Å². The van der Waals surface area contributed by atoms with E-state index in [9.17, 15) is 4.79 Å². The van der Waals surface area contributed by atoms with Crippen LogP contribution in [0.4, 0.5) is 0 Å². The van der Waals surface area contributed by atoms with E-state index >= 15 is 0 Å². The van der Waals surface area contributed by atoms with Crippen LogP contribution in [-0.4, -0.2) is 30.4 Å². The summed E-state index contributed by atoms with van der Waals surface area (Å²) < 4.78 is 0. The number of aryl methyl sites for hydroxylation is 1. The molecule has 0 unspecified atom stereocenters. The van der Waals surface area contributed by atoms with Gasteiger partial charge in [0, 0.05) is 18.7 Å². The van der Waals surface area contributed by atoms with Crippen molar-refractivity contribution < 1.29 is 4.79 Å². The summed E-state index contributed by atoms with van der Waals surface area (Å²) in [6, 6.07) is 7.80. The Hall–Kier alpha value is -1.35. The molecule has 1 saturated heterocycles. The second-order valence-electron chi connectivity index (χ2n) is 5.67. The van der Waals surface area contributed by atoms with Crippen LogP contribution in [0.2, 0.25) is 0 Å². The second kappa shape index (κ2) is 5.11. The zero-order valence-electron chi connectivity index (χ0n) is 11.3. The summed E-state index contributed by atoms with van der Waals surface area (Å²) in [5, 5.41) is 0. The third-order valence-corrected chi connectivity index (χ3v) is 4.05. The average Bonchev–Trinajstić information content (AvgIpc) is 2.40. The first-order chi connectivity index (χ1) is 8.54. The standard InChI is InChI=1S/C15H22N2O/c1-12-3-5-13(6-4-12)14(18)17-9-7-15(2,11-16)8-10-17/h3-6H,7-11,16H2,1-2H3. The number of amides is 1. The summed E-state index contributed by atoms with van der Waals surface area (Å²) >= 11 is 0. The summed E-state index contributed by atoms with van der Waals surface area (Å²) in [6.07, 6.45) is 2.00. The van der Waals surface area contributed by atoms with E-state index in [1.165, 1.54) is 5.56 Å². The molecule has 2 rings (SSSR count). The minimum atomic E-state index is 0.147. The van der Waals surface area contributed by atoms with Gasteiger partial charge in [-0.2, -0.15) is 0 Å². The van der Waals surface area contributed by atoms with Crippen molar-refractivity contribution in [3.05, 3.63) is 35.4 Å². The topological polar surface area (TPSA) is 46.3 Å². The molecule has 98 valence electrons. The predicted octanol–water partition coefficient (Wildman–Crippen LogP) is 2.20. The summed E-state index contributed by atoms with van der Waals surface area (Å²) in [7, 11) is 0. The molecule has 3 heteroatoms. The summed E-state index contributed by atoms with van der Waals surface area (Å²) in [4.78, 5) is 14.3. The molecule has 1 fully saturated rings. The number of nitrogens with zero attached hydrogens (tertiary/aromatic N) is 1. The molecule has 0 atom stereocenters. The largest absolute Gasteiger partial charge is 0.339 e. The normalized spacial score (nSPS) is 18.7. The van der Waals surface area contributed by atoms with Crippen LogP contribution in [0.1, 0.15) is 35.7 Å². The van der Waals surface area contributed by atoms with E-state index < -0.39 is 0 Å². The third kappa shape index (κ3) is 2.72. The Morgan fingerprint density at radius 1 is 1.28 bits per heavy atom. The number of piperidine rings is 1. The van der Waals surface area contributed by atoms with Crippen molar-refractivity contribution in [2.75, 3.05) is 19.6 Å². The first-order valence-electron chi connectivity index (χ1n) is 6.60. The van der Waals surface area contributed by atoms with Crippen molar-refractivity contribution in [1.29, 1.82) is 0 Å². The third-order valence-electron chi connectivity index (χ3n) is 4.05. The number of hydrogen-bond acceptors (Lipinski definition) is 2. The fraction of sp³-hybridized carbons (Fsp3) is 0.533. The molecule has 1 aromatic carbocycles. The zero-order valence-corrected chi connectivity index (χ0v) is 11.3. The Morgan fingerprint density at radius 2 is 1.83 bits per heavy atom. The van der Waals surface area contributed by atoms with Gasteiger partial charge in [0.15, 0.2) is 0 Å². The van der Waals surface area contributed by atoms with E-state index in [0.29, 0.717) is 6.54 Å². The highest BCUT2D eigenvalue weighted by molar-refractivity contribution is 5.94. The van der Waals surface area contributed by atoms with Gasteiger partial charge in [-0.15, -0.1) is 0 Å². The van der Waals surface area contributed by atoms with Crippen molar-refractivity contribution in [3.8, 4) is 0 Å². The minimum Gasteiger partial charge on any atom is -0.339 e. The lowest BCUT2D eigenvalue weighted by Gasteiger charge is -2.38. The monoisotopic (exact) mass is 246 g/mol. The quantitative estimate of drug-likeness (QED) is 0.869. The molecule has 0 bridgehead atoms. The van der Waals surface area contributed by atoms with Crippen LogP contribution in [0, 0.1) is 12.3 Å². The van der Waals surface area contributed by atoms with E-state index in [-0.39, 0.29) is 11.3 Å². The Morgan fingerprint density at radius 3 is 2.33 bits per heavy atom. The van der Waals surface area contributed by atoms with Crippen LogP contribution >= 0.6 is 0 Å². The van der Waals surface area contributed by atoms with Gasteiger partial charge in [-0.3, -0.25) is 4.79 Å². The van der Waals surface area contributed by atoms with Gasteiger partial charge < -0.3 is 10.6 Å². The van der Waals surface area contributed by atoms with Crippen LogP contribution in [0.3, 0.4) is 0 Å². The molecule has 0 spiro atoms. The first-order valence-corrected chi connectivity index (χ1v) is 6.60. The molecule has 1 amide bonds. The van der Waals surface area contributed by atoms with Gasteiger partial charge in [-0.1, -0.05) is 24.6 Å². The molecule has 1 aromatic rings. The van der Waals surface area contributed by atoms with E-state index in [2.05, 4.69) is 6.92 Å². The van der Waals surface area contributed by atoms with Crippen LogP contribution < -0.4 is 5.73 Å². The molecule has 0 radical (unpaired) electrons. The molecular formula is C15H22N2O. The smallest absolute Gasteiger partial charge is 0.253 e. The molecule has 3 nitrogen and oxygen atoms in total. The fourth-order valence-corrected chi connectivity index (χ4v) is 2.33. The molecule has 1 heterocycles. The van der Waals surface area contributed by atoms with Crippen molar-refractivity contribution in [2.24, 2.45) is 11.1 Å². The Balaban J connectivity index is 2.01. The van der Waals surface area contributed by atoms with Crippen molar-refractivity contribution in [3.63, 3.8) is 0 Å². The number of hydrogen-bond donors (Lipinski definition) is 1. The molecule has 18 heavy (non-hydrogen) atoms. The molecule has 2 N–H and O–H groups in total. The zero-order chi connectivity index (χ0) is 13.2. The van der Waals surface area contributed by atoms with Crippen molar-refractivity contribution in [1.82, 2.24) is 4.90 Å². The van der Waals surface area contributed by atoms with E-state index in [0.717, 1.165) is 31.5 Å². The van der Waals surface area contributed by atoms with E-state index in [1.807, 2.05) is 36.1 Å². The number of rotatable bonds is 2. The van der Waals surface area contributed by atoms with Crippen LogP contribution in [0.5, 0.6) is 0 Å². The maximum Gasteiger partial charge on any atom is 0.253 e. The van der Waals surface area contributed by atoms with Gasteiger partial charge >= 0.3 is 0 Å². The lowest BCUT2D eigenvalue weighted by Crippen LogP contribution is -2.44. The lowest BCUT2D eigenvalue weighted by molar-refractivity contribution is 0.0617. The van der Waals surface area contributed by atoms with Gasteiger partial charge in [-0.25, -0.2) is 0 Å². The van der Waals surface area contributed by atoms with Gasteiger partial charge in [0.05, 0.1) is 0 Å². The van der Waals surface area contributed by atoms with Gasteiger partial charge in [-0.05, 0) is 43.9 Å². The highest BCUT2D eigenvalue weighted by atomic mass is 16.2. The molecule has 0 aromatic heterocycles. The minimum absolute atomic E-state index is 0.147. The lowest BCUT2D eigenvalue weighted by atomic mass is 9.80. The molecule has 1 aliphatic heterocycles. The average molecular weight is 246 g/mol. The number of benzene rings is 1. The van der Waals surface area contributed by atoms with Crippen LogP contribution in [-0.2, 0) is 0 Å². The van der Waals surface area contributed by atoms with Gasteiger partial charge in [0.25, 0.3) is 5.91 Å². The fourth-order valence-electron chi connectivity index (χ4n) is 2.33. The number of carbonyl (C=O) groups is 1. The maximum atomic E-state index is 12.3. The Kier molecular flexibility index (Phi) is 3.71. The van der Waals surface area contributed by atoms with Crippen LogP contribution in [0.15, 0.2) is 24.3 Å². The predicted molar refractivity (Wildman–Crippen MR) is 73.5 cm³/mol. The van der Waals surface area contributed by atoms with Gasteiger partial charge in [0.2, 0.25) is 0 Å². The second-order valence-corrected chi connectivity index (χ2v) is 5.67. The highest BCUT2D eigenvalue weighted by Crippen LogP contribution is 2.29. The highest BCUT2D eigenvalue weighted by Gasteiger charge is 2.30. The Bertz CT molecular complexity index is 417. The van der Waals surface area contributed by atoms with Crippen molar-refractivity contribution in [2.45, 2.75) is 26.7 Å². The summed E-state index contributed by atoms with van der Waals surface area (Å²) in [6.45, 7) is 6.59. The molecule has 0 saturated carbocycles. The summed E-state index contributed by atoms with van der Waals surface area (Å²) in [5.74, 6) is 0.147. The summed E-state index contributed by atoms with van der Waals surface area (Å²) in [5.41, 5.74) is 7.97. The van der Waals surface area contributed by atoms with Crippen LogP contribution in [0.25, 0.3) is 0 Å².